The van der Waals surface area contributed by atoms with Crippen LogP contribution in [0.15, 0.2) is 43.2 Å². The van der Waals surface area contributed by atoms with Crippen molar-refractivity contribution in [1.29, 1.82) is 5.26 Å². The summed E-state index contributed by atoms with van der Waals surface area (Å²) >= 11 is 0. The summed E-state index contributed by atoms with van der Waals surface area (Å²) in [6.07, 6.45) is 5.65. The molecule has 1 aliphatic rings. The zero-order valence-corrected chi connectivity index (χ0v) is 13.9. The first-order valence-corrected chi connectivity index (χ1v) is 8.12. The Balaban J connectivity index is 1.64. The number of nitrogens with one attached hydrogen (secondary N) is 1. The van der Waals surface area contributed by atoms with Gasteiger partial charge < -0.3 is 10.2 Å². The van der Waals surface area contributed by atoms with Crippen LogP contribution < -0.4 is 5.32 Å². The number of aromatic nitrogens is 2. The van der Waals surface area contributed by atoms with Crippen LogP contribution in [0.5, 0.6) is 0 Å². The van der Waals surface area contributed by atoms with Gasteiger partial charge in [-0.3, -0.25) is 0 Å². The molecule has 1 aromatic carbocycles. The van der Waals surface area contributed by atoms with Crippen LogP contribution in [0.3, 0.4) is 0 Å². The third-order valence-electron chi connectivity index (χ3n) is 4.49. The molecule has 2 heterocycles. The summed E-state index contributed by atoms with van der Waals surface area (Å²) in [4.78, 5) is 10.8. The predicted molar refractivity (Wildman–Crippen MR) is 95.9 cm³/mol. The molecule has 5 heteroatoms. The van der Waals surface area contributed by atoms with Crippen LogP contribution in [0.2, 0.25) is 0 Å². The molecule has 3 rings (SSSR count). The molecule has 1 aromatic heterocycles. The summed E-state index contributed by atoms with van der Waals surface area (Å²) in [5.41, 5.74) is 3.36. The lowest BCUT2D eigenvalue weighted by Gasteiger charge is -2.29. The summed E-state index contributed by atoms with van der Waals surface area (Å²) in [5, 5.41) is 12.0. The van der Waals surface area contributed by atoms with Crippen LogP contribution in [0.4, 0.5) is 11.6 Å². The molecule has 1 N–H and O–H groups in total. The van der Waals surface area contributed by atoms with Gasteiger partial charge in [-0.2, -0.15) is 5.26 Å². The highest BCUT2D eigenvalue weighted by Crippen LogP contribution is 2.28. The molecule has 0 spiro atoms. The monoisotopic (exact) mass is 319 g/mol. The Morgan fingerprint density at radius 2 is 1.83 bits per heavy atom. The van der Waals surface area contributed by atoms with Gasteiger partial charge in [0, 0.05) is 23.6 Å². The van der Waals surface area contributed by atoms with Gasteiger partial charge in [0.15, 0.2) is 0 Å². The SMILES string of the molecule is C=C(C#N)c1cnc(Nc2ccc(C3CCN(C)CC3)cc2)nc1. The summed E-state index contributed by atoms with van der Waals surface area (Å²) in [6, 6.07) is 10.5. The molecule has 0 radical (unpaired) electrons. The molecule has 0 atom stereocenters. The standard InChI is InChI=1S/C19H21N5/c1-14(11-20)17-12-21-19(22-13-17)23-18-5-3-15(4-6-18)16-7-9-24(2)10-8-16/h3-6,12-13,16H,1,7-10H2,2H3,(H,21,22,23). The highest BCUT2D eigenvalue weighted by Gasteiger charge is 2.18. The number of allylic oxidation sites excluding steroid dienone is 1. The lowest BCUT2D eigenvalue weighted by molar-refractivity contribution is 0.255. The van der Waals surface area contributed by atoms with E-state index in [9.17, 15) is 0 Å². The molecule has 2 aromatic rings. The maximum Gasteiger partial charge on any atom is 0.227 e. The Hall–Kier alpha value is -2.71. The van der Waals surface area contributed by atoms with Gasteiger partial charge in [-0.1, -0.05) is 18.7 Å². The van der Waals surface area contributed by atoms with Gasteiger partial charge >= 0.3 is 0 Å². The van der Waals surface area contributed by atoms with E-state index in [0.29, 0.717) is 23.0 Å². The van der Waals surface area contributed by atoms with Crippen molar-refractivity contribution in [3.05, 3.63) is 54.4 Å². The van der Waals surface area contributed by atoms with Crippen molar-refractivity contribution in [3.8, 4) is 6.07 Å². The van der Waals surface area contributed by atoms with Gasteiger partial charge in [-0.05, 0) is 56.6 Å². The molecule has 0 bridgehead atoms. The third kappa shape index (κ3) is 3.79. The number of piperidine rings is 1. The van der Waals surface area contributed by atoms with Gasteiger partial charge in [0.05, 0.1) is 11.6 Å². The largest absolute Gasteiger partial charge is 0.324 e. The fourth-order valence-electron chi connectivity index (χ4n) is 2.92. The number of benzene rings is 1. The van der Waals surface area contributed by atoms with Crippen LogP contribution in [0.25, 0.3) is 5.57 Å². The van der Waals surface area contributed by atoms with Crippen LogP contribution in [0.1, 0.15) is 29.9 Å². The minimum atomic E-state index is 0.365. The van der Waals surface area contributed by atoms with Crippen LogP contribution >= 0.6 is 0 Å². The second-order valence-electron chi connectivity index (χ2n) is 6.21. The lowest BCUT2D eigenvalue weighted by atomic mass is 9.89. The van der Waals surface area contributed by atoms with Gasteiger partial charge in [0.2, 0.25) is 5.95 Å². The number of anilines is 2. The fraction of sp³-hybridized carbons (Fsp3) is 0.316. The summed E-state index contributed by atoms with van der Waals surface area (Å²) in [6.45, 7) is 5.98. The first kappa shape index (κ1) is 16.2. The Morgan fingerprint density at radius 3 is 2.42 bits per heavy atom. The van der Waals surface area contributed by atoms with E-state index in [1.54, 1.807) is 12.4 Å². The smallest absolute Gasteiger partial charge is 0.227 e. The molecular weight excluding hydrogens is 298 g/mol. The normalized spacial score (nSPS) is 15.7. The summed E-state index contributed by atoms with van der Waals surface area (Å²) in [7, 11) is 2.18. The van der Waals surface area contributed by atoms with E-state index < -0.39 is 0 Å². The van der Waals surface area contributed by atoms with Gasteiger partial charge in [-0.25, -0.2) is 9.97 Å². The minimum absolute atomic E-state index is 0.365. The number of nitriles is 1. The molecule has 0 amide bonds. The molecule has 0 saturated carbocycles. The van der Waals surface area contributed by atoms with Gasteiger partial charge in [-0.15, -0.1) is 0 Å². The maximum absolute atomic E-state index is 8.82. The van der Waals surface area contributed by atoms with Crippen molar-refractivity contribution in [2.75, 3.05) is 25.5 Å². The lowest BCUT2D eigenvalue weighted by Crippen LogP contribution is -2.29. The predicted octanol–water partition coefficient (Wildman–Crippen LogP) is 3.57. The second-order valence-corrected chi connectivity index (χ2v) is 6.21. The zero-order chi connectivity index (χ0) is 16.9. The highest BCUT2D eigenvalue weighted by molar-refractivity contribution is 5.73. The highest BCUT2D eigenvalue weighted by atomic mass is 15.1. The Labute approximate surface area is 142 Å². The molecule has 0 aliphatic carbocycles. The van der Waals surface area contributed by atoms with E-state index in [0.717, 1.165) is 5.69 Å². The number of rotatable bonds is 4. The molecule has 122 valence electrons. The van der Waals surface area contributed by atoms with E-state index >= 15 is 0 Å². The van der Waals surface area contributed by atoms with Gasteiger partial charge in [0.1, 0.15) is 0 Å². The molecule has 24 heavy (non-hydrogen) atoms. The summed E-state index contributed by atoms with van der Waals surface area (Å²) in [5.74, 6) is 1.17. The first-order chi connectivity index (χ1) is 11.7. The Morgan fingerprint density at radius 1 is 1.21 bits per heavy atom. The fourth-order valence-corrected chi connectivity index (χ4v) is 2.92. The molecule has 5 nitrogen and oxygen atoms in total. The first-order valence-electron chi connectivity index (χ1n) is 8.12. The Bertz CT molecular complexity index is 735. The van der Waals surface area contributed by atoms with E-state index in [1.807, 2.05) is 6.07 Å². The van der Waals surface area contributed by atoms with Crippen LogP contribution in [0, 0.1) is 11.3 Å². The topological polar surface area (TPSA) is 64.8 Å². The molecule has 1 fully saturated rings. The van der Waals surface area contributed by atoms with Crippen LogP contribution in [-0.2, 0) is 0 Å². The number of hydrogen-bond donors (Lipinski definition) is 1. The van der Waals surface area contributed by atoms with E-state index in [-0.39, 0.29) is 0 Å². The quantitative estimate of drug-likeness (QED) is 0.873. The van der Waals surface area contributed by atoms with Crippen LogP contribution in [-0.4, -0.2) is 35.0 Å². The third-order valence-corrected chi connectivity index (χ3v) is 4.49. The Kier molecular flexibility index (Phi) is 4.88. The number of likely N-dealkylation sites (tertiary alicyclic amines) is 1. The number of nitrogens with zero attached hydrogens (tertiary/aromatic N) is 4. The molecular formula is C19H21N5. The van der Waals surface area contributed by atoms with E-state index in [1.165, 1.54) is 31.5 Å². The van der Waals surface area contributed by atoms with Gasteiger partial charge in [0.25, 0.3) is 0 Å². The number of hydrogen-bond acceptors (Lipinski definition) is 5. The average Bonchev–Trinajstić information content (AvgIpc) is 2.63. The van der Waals surface area contributed by atoms with Crippen molar-refractivity contribution in [2.24, 2.45) is 0 Å². The molecule has 1 saturated heterocycles. The van der Waals surface area contributed by atoms with Crippen molar-refractivity contribution >= 4 is 17.2 Å². The summed E-state index contributed by atoms with van der Waals surface area (Å²) < 4.78 is 0. The van der Waals surface area contributed by atoms with Crippen molar-refractivity contribution < 1.29 is 0 Å². The average molecular weight is 319 g/mol. The van der Waals surface area contributed by atoms with Crippen molar-refractivity contribution in [3.63, 3.8) is 0 Å². The maximum atomic E-state index is 8.82. The van der Waals surface area contributed by atoms with Crippen molar-refractivity contribution in [2.45, 2.75) is 18.8 Å². The molecule has 0 unspecified atom stereocenters. The van der Waals surface area contributed by atoms with Crippen molar-refractivity contribution in [1.82, 2.24) is 14.9 Å². The molecule has 1 aliphatic heterocycles. The van der Waals surface area contributed by atoms with E-state index in [4.69, 9.17) is 5.26 Å². The zero-order valence-electron chi connectivity index (χ0n) is 13.9. The second kappa shape index (κ2) is 7.24. The van der Waals surface area contributed by atoms with E-state index in [2.05, 4.69) is 58.1 Å². The minimum Gasteiger partial charge on any atom is -0.324 e.